The Morgan fingerprint density at radius 3 is 2.48 bits per heavy atom. The van der Waals surface area contributed by atoms with Crippen LogP contribution in [0.25, 0.3) is 22.2 Å². The molecular formula is C23H26N6O4. The van der Waals surface area contributed by atoms with Crippen LogP contribution in [0.1, 0.15) is 20.8 Å². The van der Waals surface area contributed by atoms with Gasteiger partial charge >= 0.3 is 12.2 Å². The predicted molar refractivity (Wildman–Crippen MR) is 124 cm³/mol. The van der Waals surface area contributed by atoms with Gasteiger partial charge in [-0.3, -0.25) is 10.3 Å². The normalized spacial score (nSPS) is 14.3. The summed E-state index contributed by atoms with van der Waals surface area (Å²) in [5.41, 5.74) is 1.57. The third-order valence-corrected chi connectivity index (χ3v) is 5.06. The number of rotatable bonds is 3. The quantitative estimate of drug-likeness (QED) is 0.617. The van der Waals surface area contributed by atoms with Gasteiger partial charge in [0.2, 0.25) is 5.95 Å². The Balaban J connectivity index is 1.68. The van der Waals surface area contributed by atoms with Crippen LogP contribution in [0.5, 0.6) is 0 Å². The first-order valence-corrected chi connectivity index (χ1v) is 10.6. The lowest BCUT2D eigenvalue weighted by Crippen LogP contribution is -2.48. The SMILES string of the molecule is CC(C)(C)OC(=O)Nc1cc(-c2cnc3ccccc3c2)nc(N2CCN(C(=O)O)CC2)n1. The first kappa shape index (κ1) is 22.3. The number of amides is 2. The average molecular weight is 450 g/mol. The van der Waals surface area contributed by atoms with Crippen LogP contribution in [-0.2, 0) is 4.74 Å². The number of fused-ring (bicyclic) bond motifs is 1. The van der Waals surface area contributed by atoms with Crippen molar-refractivity contribution in [3.8, 4) is 11.3 Å². The van der Waals surface area contributed by atoms with E-state index in [0.29, 0.717) is 37.8 Å². The highest BCUT2D eigenvalue weighted by Crippen LogP contribution is 2.26. The van der Waals surface area contributed by atoms with Crippen LogP contribution in [0, 0.1) is 0 Å². The van der Waals surface area contributed by atoms with Crippen LogP contribution < -0.4 is 10.2 Å². The molecule has 1 aliphatic rings. The number of hydrogen-bond donors (Lipinski definition) is 2. The Morgan fingerprint density at radius 2 is 1.79 bits per heavy atom. The molecule has 1 fully saturated rings. The highest BCUT2D eigenvalue weighted by molar-refractivity contribution is 5.86. The van der Waals surface area contributed by atoms with E-state index in [0.717, 1.165) is 16.5 Å². The van der Waals surface area contributed by atoms with Crippen molar-refractivity contribution in [3.05, 3.63) is 42.6 Å². The lowest BCUT2D eigenvalue weighted by Gasteiger charge is -2.33. The molecule has 0 spiro atoms. The number of carbonyl (C=O) groups is 2. The number of pyridine rings is 1. The highest BCUT2D eigenvalue weighted by atomic mass is 16.6. The summed E-state index contributed by atoms with van der Waals surface area (Å²) in [6.07, 6.45) is 0.165. The Labute approximate surface area is 191 Å². The topological polar surface area (TPSA) is 121 Å². The third-order valence-electron chi connectivity index (χ3n) is 5.06. The van der Waals surface area contributed by atoms with Gasteiger partial charge in [0.15, 0.2) is 0 Å². The van der Waals surface area contributed by atoms with Crippen LogP contribution in [0.15, 0.2) is 42.6 Å². The second kappa shape index (κ2) is 8.89. The molecule has 3 aromatic rings. The molecule has 2 aromatic heterocycles. The van der Waals surface area contributed by atoms with Crippen LogP contribution in [0.2, 0.25) is 0 Å². The lowest BCUT2D eigenvalue weighted by atomic mass is 10.1. The van der Waals surface area contributed by atoms with Gasteiger partial charge in [-0.25, -0.2) is 14.6 Å². The summed E-state index contributed by atoms with van der Waals surface area (Å²) in [6.45, 7) is 6.92. The molecule has 0 atom stereocenters. The van der Waals surface area contributed by atoms with Crippen molar-refractivity contribution >= 4 is 34.9 Å². The summed E-state index contributed by atoms with van der Waals surface area (Å²) in [4.78, 5) is 40.6. The third kappa shape index (κ3) is 5.46. The first-order valence-electron chi connectivity index (χ1n) is 10.6. The maximum absolute atomic E-state index is 12.4. The van der Waals surface area contributed by atoms with Crippen molar-refractivity contribution in [2.75, 3.05) is 36.4 Å². The van der Waals surface area contributed by atoms with Crippen LogP contribution in [-0.4, -0.2) is 68.9 Å². The monoisotopic (exact) mass is 450 g/mol. The van der Waals surface area contributed by atoms with E-state index in [1.165, 1.54) is 4.90 Å². The summed E-state index contributed by atoms with van der Waals surface area (Å²) >= 11 is 0. The molecule has 10 nitrogen and oxygen atoms in total. The van der Waals surface area contributed by atoms with Crippen molar-refractivity contribution < 1.29 is 19.4 Å². The van der Waals surface area contributed by atoms with Crippen molar-refractivity contribution in [1.29, 1.82) is 0 Å². The van der Waals surface area contributed by atoms with Gasteiger partial charge in [0.05, 0.1) is 11.2 Å². The largest absolute Gasteiger partial charge is 0.465 e. The smallest absolute Gasteiger partial charge is 0.413 e. The van der Waals surface area contributed by atoms with Crippen molar-refractivity contribution in [3.63, 3.8) is 0 Å². The fourth-order valence-corrected chi connectivity index (χ4v) is 3.50. The summed E-state index contributed by atoms with van der Waals surface area (Å²) in [5, 5.41) is 12.9. The minimum Gasteiger partial charge on any atom is -0.465 e. The minimum atomic E-state index is -0.946. The van der Waals surface area contributed by atoms with Crippen LogP contribution in [0.4, 0.5) is 21.4 Å². The number of nitrogens with zero attached hydrogens (tertiary/aromatic N) is 5. The van der Waals surface area contributed by atoms with Crippen LogP contribution >= 0.6 is 0 Å². The summed E-state index contributed by atoms with van der Waals surface area (Å²) in [6, 6.07) is 11.4. The molecule has 4 rings (SSSR count). The van der Waals surface area contributed by atoms with E-state index in [2.05, 4.69) is 15.3 Å². The van der Waals surface area contributed by atoms with E-state index >= 15 is 0 Å². The first-order chi connectivity index (χ1) is 15.7. The maximum Gasteiger partial charge on any atom is 0.413 e. The zero-order chi connectivity index (χ0) is 23.6. The molecule has 0 radical (unpaired) electrons. The number of aromatic nitrogens is 3. The van der Waals surface area contributed by atoms with Gasteiger partial charge in [-0.05, 0) is 32.9 Å². The number of nitrogens with one attached hydrogen (secondary N) is 1. The number of anilines is 2. The molecule has 0 bridgehead atoms. The number of hydrogen-bond acceptors (Lipinski definition) is 7. The van der Waals surface area contributed by atoms with Gasteiger partial charge in [0.25, 0.3) is 0 Å². The standard InChI is InChI=1S/C23H26N6O4/c1-23(2,3)33-21(30)27-19-13-18(16-12-15-6-4-5-7-17(15)24-14-16)25-20(26-19)28-8-10-29(11-9-28)22(31)32/h4-7,12-14H,8-11H2,1-3H3,(H,31,32)(H,25,26,27,30). The summed E-state index contributed by atoms with van der Waals surface area (Å²) in [5.74, 6) is 0.690. The van der Waals surface area contributed by atoms with Crippen molar-refractivity contribution in [2.24, 2.45) is 0 Å². The number of para-hydroxylation sites is 1. The fourth-order valence-electron chi connectivity index (χ4n) is 3.50. The highest BCUT2D eigenvalue weighted by Gasteiger charge is 2.24. The summed E-state index contributed by atoms with van der Waals surface area (Å²) in [7, 11) is 0. The van der Waals surface area contributed by atoms with Gasteiger partial charge < -0.3 is 19.6 Å². The molecule has 1 saturated heterocycles. The van der Waals surface area contributed by atoms with Gasteiger partial charge in [0.1, 0.15) is 11.4 Å². The number of ether oxygens (including phenoxy) is 1. The summed E-state index contributed by atoms with van der Waals surface area (Å²) < 4.78 is 5.36. The van der Waals surface area contributed by atoms with E-state index in [9.17, 15) is 14.7 Å². The Bertz CT molecular complexity index is 1190. The Kier molecular flexibility index (Phi) is 5.99. The molecule has 0 saturated carbocycles. The molecule has 33 heavy (non-hydrogen) atoms. The molecule has 1 aliphatic heterocycles. The Hall–Kier alpha value is -3.95. The molecule has 10 heteroatoms. The zero-order valence-electron chi connectivity index (χ0n) is 18.8. The van der Waals surface area contributed by atoms with Gasteiger partial charge in [-0.1, -0.05) is 18.2 Å². The molecular weight excluding hydrogens is 424 g/mol. The minimum absolute atomic E-state index is 0.290. The number of benzene rings is 1. The second-order valence-corrected chi connectivity index (χ2v) is 8.74. The molecule has 172 valence electrons. The van der Waals surface area contributed by atoms with Gasteiger partial charge in [-0.15, -0.1) is 0 Å². The average Bonchev–Trinajstić information content (AvgIpc) is 2.77. The van der Waals surface area contributed by atoms with Crippen molar-refractivity contribution in [2.45, 2.75) is 26.4 Å². The molecule has 1 aromatic carbocycles. The second-order valence-electron chi connectivity index (χ2n) is 8.74. The molecule has 0 unspecified atom stereocenters. The van der Waals surface area contributed by atoms with Crippen molar-refractivity contribution in [1.82, 2.24) is 19.9 Å². The predicted octanol–water partition coefficient (Wildman–Crippen LogP) is 3.84. The number of piperazine rings is 1. The maximum atomic E-state index is 12.4. The van der Waals surface area contributed by atoms with E-state index in [1.54, 1.807) is 33.0 Å². The van der Waals surface area contributed by atoms with Gasteiger partial charge in [-0.2, -0.15) is 4.98 Å². The lowest BCUT2D eigenvalue weighted by molar-refractivity contribution is 0.0635. The van der Waals surface area contributed by atoms with E-state index in [4.69, 9.17) is 9.72 Å². The number of carbonyl (C=O) groups excluding carboxylic acids is 1. The van der Waals surface area contributed by atoms with E-state index in [-0.39, 0.29) is 5.82 Å². The zero-order valence-corrected chi connectivity index (χ0v) is 18.8. The van der Waals surface area contributed by atoms with Crippen LogP contribution in [0.3, 0.4) is 0 Å². The Morgan fingerprint density at radius 1 is 1.06 bits per heavy atom. The molecule has 2 amide bonds. The molecule has 0 aliphatic carbocycles. The van der Waals surface area contributed by atoms with E-state index in [1.807, 2.05) is 35.2 Å². The molecule has 3 heterocycles. The fraction of sp³-hybridized carbons (Fsp3) is 0.348. The van der Waals surface area contributed by atoms with Gasteiger partial charge in [0, 0.05) is 49.4 Å². The molecule has 2 N–H and O–H groups in total. The number of carboxylic acid groups (broad SMARTS) is 1. The van der Waals surface area contributed by atoms with E-state index < -0.39 is 17.8 Å².